The van der Waals surface area contributed by atoms with E-state index in [2.05, 4.69) is 36.0 Å². The van der Waals surface area contributed by atoms with Crippen molar-refractivity contribution < 1.29 is 17.9 Å². The van der Waals surface area contributed by atoms with Gasteiger partial charge in [0.05, 0.1) is 11.8 Å². The summed E-state index contributed by atoms with van der Waals surface area (Å²) in [6, 6.07) is 5.06. The highest BCUT2D eigenvalue weighted by molar-refractivity contribution is 7.92. The van der Waals surface area contributed by atoms with Gasteiger partial charge in [-0.3, -0.25) is 9.52 Å². The Morgan fingerprint density at radius 1 is 1.29 bits per heavy atom. The van der Waals surface area contributed by atoms with Gasteiger partial charge in [-0.2, -0.15) is 0 Å². The van der Waals surface area contributed by atoms with Crippen LogP contribution in [0.15, 0.2) is 47.9 Å². The SMILES string of the molecule is CCC(C)C1=C[CH]C(Oc2ccc(NS(=O)(=O)CC)cc2C2=CN(C)C(=O)C3NCCC23)=CC1. The Morgan fingerprint density at radius 3 is 2.76 bits per heavy atom. The number of nitrogens with zero attached hydrogens (tertiary/aromatic N) is 1. The van der Waals surface area contributed by atoms with Crippen molar-refractivity contribution in [1.29, 1.82) is 0 Å². The molecule has 8 heteroatoms. The van der Waals surface area contributed by atoms with E-state index in [1.54, 1.807) is 31.0 Å². The van der Waals surface area contributed by atoms with Gasteiger partial charge < -0.3 is 15.0 Å². The molecule has 1 aromatic rings. The number of rotatable bonds is 8. The van der Waals surface area contributed by atoms with Crippen LogP contribution < -0.4 is 14.8 Å². The van der Waals surface area contributed by atoms with Crippen molar-refractivity contribution in [3.63, 3.8) is 0 Å². The van der Waals surface area contributed by atoms with Crippen LogP contribution in [0.25, 0.3) is 5.57 Å². The molecule has 3 aliphatic rings. The van der Waals surface area contributed by atoms with Gasteiger partial charge in [0.15, 0.2) is 0 Å². The average molecular weight is 485 g/mol. The van der Waals surface area contributed by atoms with Crippen LogP contribution in [0, 0.1) is 18.3 Å². The Kier molecular flexibility index (Phi) is 7.19. The van der Waals surface area contributed by atoms with Crippen LogP contribution in [0.3, 0.4) is 0 Å². The highest BCUT2D eigenvalue weighted by Gasteiger charge is 2.41. The predicted molar refractivity (Wildman–Crippen MR) is 135 cm³/mol. The molecule has 4 rings (SSSR count). The maximum atomic E-state index is 12.7. The summed E-state index contributed by atoms with van der Waals surface area (Å²) in [4.78, 5) is 14.3. The first-order valence-electron chi connectivity index (χ1n) is 12.0. The van der Waals surface area contributed by atoms with Gasteiger partial charge in [0.25, 0.3) is 0 Å². The summed E-state index contributed by atoms with van der Waals surface area (Å²) >= 11 is 0. The second-order valence-corrected chi connectivity index (χ2v) is 11.2. The van der Waals surface area contributed by atoms with Crippen molar-refractivity contribution in [2.45, 2.75) is 46.1 Å². The summed E-state index contributed by atoms with van der Waals surface area (Å²) in [5.41, 5.74) is 3.62. The van der Waals surface area contributed by atoms with Gasteiger partial charge in [-0.1, -0.05) is 25.5 Å². The molecule has 1 fully saturated rings. The smallest absolute Gasteiger partial charge is 0.244 e. The molecule has 2 N–H and O–H groups in total. The summed E-state index contributed by atoms with van der Waals surface area (Å²) in [7, 11) is -1.68. The van der Waals surface area contributed by atoms with Crippen LogP contribution in [0.5, 0.6) is 5.75 Å². The molecule has 0 saturated carbocycles. The van der Waals surface area contributed by atoms with E-state index in [9.17, 15) is 13.2 Å². The fourth-order valence-corrected chi connectivity index (χ4v) is 5.32. The Labute approximate surface area is 203 Å². The highest BCUT2D eigenvalue weighted by Crippen LogP contribution is 2.42. The van der Waals surface area contributed by atoms with E-state index >= 15 is 0 Å². The van der Waals surface area contributed by atoms with Crippen molar-refractivity contribution in [3.05, 3.63) is 59.9 Å². The average Bonchev–Trinajstić information content (AvgIpc) is 3.32. The molecule has 0 bridgehead atoms. The number of amides is 1. The Bertz CT molecular complexity index is 1150. The number of carbonyl (C=O) groups is 1. The molecule has 1 aromatic carbocycles. The van der Waals surface area contributed by atoms with Gasteiger partial charge in [-0.15, -0.1) is 0 Å². The normalized spacial score (nSPS) is 23.6. The van der Waals surface area contributed by atoms with Crippen molar-refractivity contribution in [2.24, 2.45) is 11.8 Å². The topological polar surface area (TPSA) is 87.7 Å². The Balaban J connectivity index is 1.69. The van der Waals surface area contributed by atoms with Crippen LogP contribution in [-0.4, -0.2) is 44.6 Å². The fraction of sp³-hybridized carbons (Fsp3) is 0.462. The molecule has 2 aliphatic heterocycles. The molecule has 1 saturated heterocycles. The zero-order chi connectivity index (χ0) is 24.5. The molecular weight excluding hydrogens is 450 g/mol. The molecular formula is C26H34N3O4S. The van der Waals surface area contributed by atoms with Crippen molar-refractivity contribution in [1.82, 2.24) is 10.2 Å². The molecule has 34 heavy (non-hydrogen) atoms. The third-order valence-electron chi connectivity index (χ3n) is 6.99. The first-order valence-corrected chi connectivity index (χ1v) is 13.7. The fourth-order valence-electron chi connectivity index (χ4n) is 4.69. The maximum absolute atomic E-state index is 12.7. The van der Waals surface area contributed by atoms with E-state index in [1.807, 2.05) is 18.7 Å². The standard InChI is InChI=1S/C26H34N3O4S/c1-5-17(3)18-7-10-20(11-8-18)33-24-12-9-19(28-34(31,32)6-2)15-22(24)23-16-29(4)26(30)25-21(23)13-14-27-25/h7,9-12,15-17,21,25,27-28H,5-6,8,13-14H2,1-4H3. The molecule has 1 amide bonds. The number of nitrogens with one attached hydrogen (secondary N) is 2. The van der Waals surface area contributed by atoms with E-state index < -0.39 is 10.0 Å². The third-order valence-corrected chi connectivity index (χ3v) is 8.29. The summed E-state index contributed by atoms with van der Waals surface area (Å²) < 4.78 is 33.4. The lowest BCUT2D eigenvalue weighted by molar-refractivity contribution is -0.130. The molecule has 0 aromatic heterocycles. The number of fused-ring (bicyclic) bond motifs is 1. The molecule has 2 heterocycles. The van der Waals surface area contributed by atoms with Crippen LogP contribution in [0.1, 0.15) is 45.6 Å². The van der Waals surface area contributed by atoms with E-state index in [0.717, 1.165) is 42.7 Å². The quantitative estimate of drug-likeness (QED) is 0.581. The maximum Gasteiger partial charge on any atom is 0.244 e. The van der Waals surface area contributed by atoms with Gasteiger partial charge in [0, 0.05) is 36.8 Å². The van der Waals surface area contributed by atoms with E-state index in [0.29, 0.717) is 17.4 Å². The second kappa shape index (κ2) is 9.96. The van der Waals surface area contributed by atoms with Gasteiger partial charge >= 0.3 is 0 Å². The summed E-state index contributed by atoms with van der Waals surface area (Å²) in [6.07, 6.45) is 10.8. The molecule has 0 spiro atoms. The zero-order valence-electron chi connectivity index (χ0n) is 20.3. The van der Waals surface area contributed by atoms with Gasteiger partial charge in [0.1, 0.15) is 11.5 Å². The second-order valence-electron chi connectivity index (χ2n) is 9.21. The summed E-state index contributed by atoms with van der Waals surface area (Å²) in [5.74, 6) is 1.97. The summed E-state index contributed by atoms with van der Waals surface area (Å²) in [6.45, 7) is 6.78. The number of ether oxygens (including phenoxy) is 1. The van der Waals surface area contributed by atoms with Crippen LogP contribution in [-0.2, 0) is 14.8 Å². The number of allylic oxidation sites excluding steroid dienone is 3. The first-order chi connectivity index (χ1) is 16.2. The number of hydrogen-bond acceptors (Lipinski definition) is 5. The number of benzene rings is 1. The number of hydrogen-bond donors (Lipinski definition) is 2. The predicted octanol–water partition coefficient (Wildman–Crippen LogP) is 4.08. The molecule has 1 radical (unpaired) electrons. The minimum Gasteiger partial charge on any atom is -0.461 e. The number of anilines is 1. The number of sulfonamides is 1. The van der Waals surface area contributed by atoms with Gasteiger partial charge in [-0.25, -0.2) is 8.42 Å². The molecule has 3 atom stereocenters. The lowest BCUT2D eigenvalue weighted by atomic mass is 9.84. The molecule has 183 valence electrons. The molecule has 7 nitrogen and oxygen atoms in total. The third kappa shape index (κ3) is 5.08. The van der Waals surface area contributed by atoms with Gasteiger partial charge in [0.2, 0.25) is 15.9 Å². The largest absolute Gasteiger partial charge is 0.461 e. The lowest BCUT2D eigenvalue weighted by Crippen LogP contribution is -2.46. The van der Waals surface area contributed by atoms with Crippen molar-refractivity contribution in [2.75, 3.05) is 24.1 Å². The monoisotopic (exact) mass is 484 g/mol. The highest BCUT2D eigenvalue weighted by atomic mass is 32.2. The minimum absolute atomic E-state index is 0.00491. The van der Waals surface area contributed by atoms with Crippen LogP contribution in [0.4, 0.5) is 5.69 Å². The van der Waals surface area contributed by atoms with Crippen LogP contribution in [0.2, 0.25) is 0 Å². The summed E-state index contributed by atoms with van der Waals surface area (Å²) in [5, 5.41) is 3.31. The van der Waals surface area contributed by atoms with Gasteiger partial charge in [-0.05, 0) is 68.5 Å². The number of likely N-dealkylation sites (N-methyl/N-ethyl adjacent to an activating group) is 1. The van der Waals surface area contributed by atoms with Crippen LogP contribution >= 0.6 is 0 Å². The molecule has 1 aliphatic carbocycles. The van der Waals surface area contributed by atoms with Crippen molar-refractivity contribution >= 4 is 27.2 Å². The Hall–Kier alpha value is -2.58. The first kappa shape index (κ1) is 24.5. The lowest BCUT2D eigenvalue weighted by Gasteiger charge is -2.32. The van der Waals surface area contributed by atoms with Crippen molar-refractivity contribution in [3.8, 4) is 5.75 Å². The minimum atomic E-state index is -3.43. The number of carbonyl (C=O) groups excluding carboxylic acids is 1. The van der Waals surface area contributed by atoms with E-state index in [1.165, 1.54) is 5.57 Å². The Morgan fingerprint density at radius 2 is 2.09 bits per heavy atom. The molecule has 3 unspecified atom stereocenters. The van der Waals surface area contributed by atoms with E-state index in [-0.39, 0.29) is 23.6 Å². The van der Waals surface area contributed by atoms with E-state index in [4.69, 9.17) is 4.74 Å². The zero-order valence-corrected chi connectivity index (χ0v) is 21.1.